The molecule has 0 radical (unpaired) electrons. The third kappa shape index (κ3) is 4.99. The van der Waals surface area contributed by atoms with Gasteiger partial charge in [-0.3, -0.25) is 9.59 Å². The van der Waals surface area contributed by atoms with Gasteiger partial charge in [-0.15, -0.1) is 11.3 Å². The van der Waals surface area contributed by atoms with Gasteiger partial charge in [-0.2, -0.15) is 0 Å². The van der Waals surface area contributed by atoms with Gasteiger partial charge in [-0.1, -0.05) is 12.1 Å². The Bertz CT molecular complexity index is 932. The van der Waals surface area contributed by atoms with Crippen LogP contribution in [0.25, 0.3) is 0 Å². The van der Waals surface area contributed by atoms with Crippen molar-refractivity contribution >= 4 is 34.1 Å². The molecule has 2 rings (SSSR count). The zero-order valence-electron chi connectivity index (χ0n) is 18.2. The minimum Gasteiger partial charge on any atom is -0.496 e. The summed E-state index contributed by atoms with van der Waals surface area (Å²) in [5, 5.41) is 3.06. The fourth-order valence-electron chi connectivity index (χ4n) is 2.98. The van der Waals surface area contributed by atoms with E-state index in [4.69, 9.17) is 9.47 Å². The number of rotatable bonds is 8. The van der Waals surface area contributed by atoms with Crippen molar-refractivity contribution in [1.82, 2.24) is 4.90 Å². The first-order chi connectivity index (χ1) is 14.2. The van der Waals surface area contributed by atoms with E-state index in [-0.39, 0.29) is 22.6 Å². The molecule has 7 nitrogen and oxygen atoms in total. The van der Waals surface area contributed by atoms with E-state index in [9.17, 15) is 14.4 Å². The number of methoxy groups -OCH3 is 1. The Hall–Kier alpha value is -2.87. The van der Waals surface area contributed by atoms with Crippen LogP contribution in [-0.4, -0.2) is 49.0 Å². The van der Waals surface area contributed by atoms with Gasteiger partial charge >= 0.3 is 5.97 Å². The maximum Gasteiger partial charge on any atom is 0.341 e. The quantitative estimate of drug-likeness (QED) is 0.627. The van der Waals surface area contributed by atoms with Crippen molar-refractivity contribution < 1.29 is 23.9 Å². The smallest absolute Gasteiger partial charge is 0.341 e. The lowest BCUT2D eigenvalue weighted by molar-refractivity contribution is 0.0379. The van der Waals surface area contributed by atoms with Crippen LogP contribution in [0.2, 0.25) is 0 Å². The third-order valence-electron chi connectivity index (χ3n) is 4.52. The van der Waals surface area contributed by atoms with Crippen molar-refractivity contribution in [3.05, 3.63) is 45.8 Å². The third-order valence-corrected chi connectivity index (χ3v) is 5.71. The molecule has 0 fully saturated rings. The van der Waals surface area contributed by atoms with Crippen LogP contribution in [0, 0.1) is 6.92 Å². The van der Waals surface area contributed by atoms with Crippen LogP contribution in [0.3, 0.4) is 0 Å². The predicted molar refractivity (Wildman–Crippen MR) is 118 cm³/mol. The first-order valence-electron chi connectivity index (χ1n) is 9.83. The average Bonchev–Trinajstić information content (AvgIpc) is 3.03. The second-order valence-corrected chi connectivity index (χ2v) is 7.87. The topological polar surface area (TPSA) is 84.9 Å². The SMILES string of the molecule is CCN(CC)C(=O)c1sc(NC(=O)c2ccccc2OC)c(C(=O)OC(C)C)c1C. The Labute approximate surface area is 181 Å². The lowest BCUT2D eigenvalue weighted by Gasteiger charge is -2.18. The van der Waals surface area contributed by atoms with E-state index in [2.05, 4.69) is 5.32 Å². The molecule has 0 aliphatic heterocycles. The van der Waals surface area contributed by atoms with Crippen molar-refractivity contribution in [2.24, 2.45) is 0 Å². The second kappa shape index (κ2) is 10.2. The number of thiophene rings is 1. The van der Waals surface area contributed by atoms with Crippen LogP contribution in [0.1, 0.15) is 63.6 Å². The number of amides is 2. The molecule has 162 valence electrons. The number of hydrogen-bond acceptors (Lipinski definition) is 6. The van der Waals surface area contributed by atoms with Crippen molar-refractivity contribution in [2.75, 3.05) is 25.5 Å². The molecule has 0 saturated heterocycles. The van der Waals surface area contributed by atoms with Crippen molar-refractivity contribution in [2.45, 2.75) is 40.7 Å². The number of nitrogens with one attached hydrogen (secondary N) is 1. The highest BCUT2D eigenvalue weighted by atomic mass is 32.1. The first kappa shape index (κ1) is 23.4. The molecule has 8 heteroatoms. The number of ether oxygens (including phenoxy) is 2. The Balaban J connectivity index is 2.51. The molecule has 1 N–H and O–H groups in total. The van der Waals surface area contributed by atoms with E-state index in [1.807, 2.05) is 13.8 Å². The molecule has 1 heterocycles. The van der Waals surface area contributed by atoms with E-state index in [0.29, 0.717) is 34.8 Å². The highest BCUT2D eigenvalue weighted by Gasteiger charge is 2.29. The largest absolute Gasteiger partial charge is 0.496 e. The Kier molecular flexibility index (Phi) is 8.00. The predicted octanol–water partition coefficient (Wildman–Crippen LogP) is 4.36. The van der Waals surface area contributed by atoms with Gasteiger partial charge in [0, 0.05) is 13.1 Å². The number of anilines is 1. The molecule has 0 unspecified atom stereocenters. The molecule has 0 aliphatic rings. The van der Waals surface area contributed by atoms with Gasteiger partial charge in [-0.25, -0.2) is 4.79 Å². The average molecular weight is 433 g/mol. The number of nitrogens with zero attached hydrogens (tertiary/aromatic N) is 1. The molecule has 0 atom stereocenters. The molecular weight excluding hydrogens is 404 g/mol. The van der Waals surface area contributed by atoms with Gasteiger partial charge < -0.3 is 19.7 Å². The van der Waals surface area contributed by atoms with E-state index in [0.717, 1.165) is 11.3 Å². The summed E-state index contributed by atoms with van der Waals surface area (Å²) in [7, 11) is 1.48. The molecular formula is C22H28N2O5S. The fraction of sp³-hybridized carbons (Fsp3) is 0.409. The van der Waals surface area contributed by atoms with Crippen LogP contribution < -0.4 is 10.1 Å². The highest BCUT2D eigenvalue weighted by molar-refractivity contribution is 7.18. The summed E-state index contributed by atoms with van der Waals surface area (Å²) in [5.41, 5.74) is 1.02. The second-order valence-electron chi connectivity index (χ2n) is 6.85. The molecule has 0 saturated carbocycles. The molecule has 0 aliphatic carbocycles. The van der Waals surface area contributed by atoms with Gasteiger partial charge in [0.1, 0.15) is 10.8 Å². The van der Waals surface area contributed by atoms with Crippen molar-refractivity contribution in [1.29, 1.82) is 0 Å². The Morgan fingerprint density at radius 2 is 1.77 bits per heavy atom. The minimum atomic E-state index is -0.576. The van der Waals surface area contributed by atoms with Gasteiger partial charge in [0.05, 0.1) is 29.2 Å². The standard InChI is InChI=1S/C22H28N2O5S/c1-7-24(8-2)21(26)18-14(5)17(22(27)29-13(3)4)20(30-18)23-19(25)15-11-9-10-12-16(15)28-6/h9-13H,7-8H2,1-6H3,(H,23,25). The van der Waals surface area contributed by atoms with Crippen molar-refractivity contribution in [3.63, 3.8) is 0 Å². The number of carbonyl (C=O) groups excluding carboxylic acids is 3. The normalized spacial score (nSPS) is 10.6. The fourth-order valence-corrected chi connectivity index (χ4v) is 4.14. The van der Waals surface area contributed by atoms with E-state index in [1.165, 1.54) is 7.11 Å². The number of para-hydroxylation sites is 1. The molecule has 0 spiro atoms. The summed E-state index contributed by atoms with van der Waals surface area (Å²) in [6.45, 7) is 10.1. The summed E-state index contributed by atoms with van der Waals surface area (Å²) in [5.74, 6) is -0.783. The summed E-state index contributed by atoms with van der Waals surface area (Å²) >= 11 is 1.08. The van der Waals surface area contributed by atoms with Crippen molar-refractivity contribution in [3.8, 4) is 5.75 Å². The van der Waals surface area contributed by atoms with Crippen LogP contribution in [-0.2, 0) is 4.74 Å². The number of hydrogen-bond donors (Lipinski definition) is 1. The van der Waals surface area contributed by atoms with E-state index in [1.54, 1.807) is 49.9 Å². The maximum atomic E-state index is 12.9. The maximum absolute atomic E-state index is 12.9. The molecule has 0 bridgehead atoms. The minimum absolute atomic E-state index is 0.182. The van der Waals surface area contributed by atoms with Gasteiger partial charge in [0.2, 0.25) is 0 Å². The monoisotopic (exact) mass is 432 g/mol. The zero-order valence-corrected chi connectivity index (χ0v) is 19.0. The van der Waals surface area contributed by atoms with E-state index >= 15 is 0 Å². The molecule has 30 heavy (non-hydrogen) atoms. The van der Waals surface area contributed by atoms with E-state index < -0.39 is 11.9 Å². The Morgan fingerprint density at radius 3 is 2.33 bits per heavy atom. The Morgan fingerprint density at radius 1 is 1.13 bits per heavy atom. The molecule has 2 amide bonds. The highest BCUT2D eigenvalue weighted by Crippen LogP contribution is 2.35. The molecule has 1 aromatic carbocycles. The summed E-state index contributed by atoms with van der Waals surface area (Å²) in [4.78, 5) is 40.7. The lowest BCUT2D eigenvalue weighted by Crippen LogP contribution is -2.30. The number of esters is 1. The van der Waals surface area contributed by atoms with Crippen LogP contribution in [0.5, 0.6) is 5.75 Å². The van der Waals surface area contributed by atoms with Gasteiger partial charge in [0.15, 0.2) is 0 Å². The number of benzene rings is 1. The molecule has 1 aromatic heterocycles. The number of carbonyl (C=O) groups is 3. The summed E-state index contributed by atoms with van der Waals surface area (Å²) in [6, 6.07) is 6.79. The summed E-state index contributed by atoms with van der Waals surface area (Å²) in [6.07, 6.45) is -0.337. The van der Waals surface area contributed by atoms with Gasteiger partial charge in [0.25, 0.3) is 11.8 Å². The van der Waals surface area contributed by atoms with Gasteiger partial charge in [-0.05, 0) is 52.3 Å². The molecule has 2 aromatic rings. The van der Waals surface area contributed by atoms with Crippen LogP contribution in [0.15, 0.2) is 24.3 Å². The van der Waals surface area contributed by atoms with Crippen LogP contribution in [0.4, 0.5) is 5.00 Å². The zero-order chi connectivity index (χ0) is 22.4. The first-order valence-corrected chi connectivity index (χ1v) is 10.6. The van der Waals surface area contributed by atoms with Crippen LogP contribution >= 0.6 is 11.3 Å². The lowest BCUT2D eigenvalue weighted by atomic mass is 10.1. The summed E-state index contributed by atoms with van der Waals surface area (Å²) < 4.78 is 10.6.